The van der Waals surface area contributed by atoms with E-state index in [0.717, 1.165) is 51.4 Å². The highest BCUT2D eigenvalue weighted by Crippen LogP contribution is 2.18. The second-order valence-electron chi connectivity index (χ2n) is 5.70. The van der Waals surface area contributed by atoms with Gasteiger partial charge >= 0.3 is 0 Å². The third kappa shape index (κ3) is 6.36. The quantitative estimate of drug-likeness (QED) is 0.742. The molecule has 1 N–H and O–H groups in total. The van der Waals surface area contributed by atoms with Crippen LogP contribution in [0.4, 0.5) is 0 Å². The van der Waals surface area contributed by atoms with Crippen molar-refractivity contribution < 1.29 is 4.79 Å². The van der Waals surface area contributed by atoms with E-state index in [1.165, 1.54) is 12.8 Å². The van der Waals surface area contributed by atoms with Crippen molar-refractivity contribution in [1.82, 2.24) is 15.1 Å². The van der Waals surface area contributed by atoms with E-state index in [9.17, 15) is 4.79 Å². The molecule has 0 aromatic carbocycles. The van der Waals surface area contributed by atoms with Crippen LogP contribution in [0.5, 0.6) is 0 Å². The lowest BCUT2D eigenvalue weighted by Gasteiger charge is -2.24. The van der Waals surface area contributed by atoms with Crippen molar-refractivity contribution in [3.8, 4) is 0 Å². The van der Waals surface area contributed by atoms with Crippen molar-refractivity contribution in [3.05, 3.63) is 0 Å². The Balaban J connectivity index is 2.10. The molecule has 1 amide bonds. The smallest absolute Gasteiger partial charge is 0.222 e. The predicted molar refractivity (Wildman–Crippen MR) is 75.6 cm³/mol. The molecule has 0 aromatic heterocycles. The molecule has 0 unspecified atom stereocenters. The second kappa shape index (κ2) is 8.48. The number of hydrogen-bond acceptors (Lipinski definition) is 3. The molecule has 4 nitrogen and oxygen atoms in total. The van der Waals surface area contributed by atoms with Crippen LogP contribution < -0.4 is 5.32 Å². The Labute approximate surface area is 112 Å². The molecule has 1 saturated heterocycles. The van der Waals surface area contributed by atoms with Crippen LogP contribution in [0.15, 0.2) is 0 Å². The minimum atomic E-state index is 0.312. The van der Waals surface area contributed by atoms with E-state index in [0.29, 0.717) is 5.91 Å². The monoisotopic (exact) mass is 255 g/mol. The van der Waals surface area contributed by atoms with Gasteiger partial charge in [0.05, 0.1) is 0 Å². The molecule has 1 heterocycles. The van der Waals surface area contributed by atoms with E-state index in [1.807, 2.05) is 11.9 Å². The lowest BCUT2D eigenvalue weighted by molar-refractivity contribution is -0.130. The first-order valence-electron chi connectivity index (χ1n) is 7.19. The van der Waals surface area contributed by atoms with Crippen LogP contribution in [-0.4, -0.2) is 63.0 Å². The maximum absolute atomic E-state index is 12.0. The molecule has 0 spiro atoms. The first-order chi connectivity index (χ1) is 8.59. The topological polar surface area (TPSA) is 35.6 Å². The van der Waals surface area contributed by atoms with Gasteiger partial charge in [-0.15, -0.1) is 0 Å². The van der Waals surface area contributed by atoms with Crippen LogP contribution in [-0.2, 0) is 4.79 Å². The van der Waals surface area contributed by atoms with Gasteiger partial charge in [-0.25, -0.2) is 0 Å². The van der Waals surface area contributed by atoms with E-state index >= 15 is 0 Å². The molecule has 0 saturated carbocycles. The maximum atomic E-state index is 12.0. The van der Waals surface area contributed by atoms with Crippen LogP contribution in [0.1, 0.15) is 32.1 Å². The molecular weight excluding hydrogens is 226 g/mol. The fourth-order valence-corrected chi connectivity index (χ4v) is 2.44. The van der Waals surface area contributed by atoms with Crippen LogP contribution in [0, 0.1) is 5.92 Å². The molecule has 18 heavy (non-hydrogen) atoms. The first-order valence-corrected chi connectivity index (χ1v) is 7.19. The predicted octanol–water partition coefficient (Wildman–Crippen LogP) is 1.18. The fourth-order valence-electron chi connectivity index (χ4n) is 2.44. The lowest BCUT2D eigenvalue weighted by atomic mass is 9.93. The highest BCUT2D eigenvalue weighted by Gasteiger charge is 2.16. The highest BCUT2D eigenvalue weighted by atomic mass is 16.2. The van der Waals surface area contributed by atoms with Crippen molar-refractivity contribution in [1.29, 1.82) is 0 Å². The fraction of sp³-hybridized carbons (Fsp3) is 0.929. The van der Waals surface area contributed by atoms with Gasteiger partial charge in [-0.05, 0) is 65.3 Å². The number of amides is 1. The van der Waals surface area contributed by atoms with Gasteiger partial charge in [0.25, 0.3) is 0 Å². The second-order valence-corrected chi connectivity index (χ2v) is 5.70. The minimum absolute atomic E-state index is 0.312. The number of piperidine rings is 1. The lowest BCUT2D eigenvalue weighted by Crippen LogP contribution is -2.31. The summed E-state index contributed by atoms with van der Waals surface area (Å²) in [6.07, 6.45) is 5.32. The third-order valence-electron chi connectivity index (χ3n) is 3.75. The van der Waals surface area contributed by atoms with Crippen molar-refractivity contribution in [3.63, 3.8) is 0 Å². The Morgan fingerprint density at radius 1 is 1.17 bits per heavy atom. The van der Waals surface area contributed by atoms with Crippen molar-refractivity contribution in [2.24, 2.45) is 5.92 Å². The Kier molecular flexibility index (Phi) is 7.28. The van der Waals surface area contributed by atoms with E-state index in [-0.39, 0.29) is 0 Å². The number of rotatable bonds is 7. The molecule has 0 radical (unpaired) electrons. The molecule has 1 rings (SSSR count). The van der Waals surface area contributed by atoms with Gasteiger partial charge in [0.15, 0.2) is 0 Å². The summed E-state index contributed by atoms with van der Waals surface area (Å²) < 4.78 is 0. The zero-order valence-electron chi connectivity index (χ0n) is 12.2. The number of nitrogens with one attached hydrogen (secondary N) is 1. The Morgan fingerprint density at radius 2 is 1.83 bits per heavy atom. The summed E-state index contributed by atoms with van der Waals surface area (Å²) in [5.74, 6) is 1.07. The number of hydrogen-bond donors (Lipinski definition) is 1. The Hall–Kier alpha value is -0.610. The SMILES string of the molecule is CN(C)CCCN(C)C(=O)CCC1CCNCC1. The summed E-state index contributed by atoms with van der Waals surface area (Å²) in [5, 5.41) is 3.36. The standard InChI is InChI=1S/C14H29N3O/c1-16(2)11-4-12-17(3)14(18)6-5-13-7-9-15-10-8-13/h13,15H,4-12H2,1-3H3. The summed E-state index contributed by atoms with van der Waals surface area (Å²) >= 11 is 0. The van der Waals surface area contributed by atoms with Crippen molar-refractivity contribution in [2.75, 3.05) is 47.3 Å². The van der Waals surface area contributed by atoms with Crippen molar-refractivity contribution in [2.45, 2.75) is 32.1 Å². The Bertz CT molecular complexity index is 237. The number of carbonyl (C=O) groups excluding carboxylic acids is 1. The molecule has 0 atom stereocenters. The maximum Gasteiger partial charge on any atom is 0.222 e. The molecule has 106 valence electrons. The highest BCUT2D eigenvalue weighted by molar-refractivity contribution is 5.75. The van der Waals surface area contributed by atoms with E-state index in [1.54, 1.807) is 0 Å². The molecular formula is C14H29N3O. The average Bonchev–Trinajstić information content (AvgIpc) is 2.36. The zero-order valence-corrected chi connectivity index (χ0v) is 12.2. The summed E-state index contributed by atoms with van der Waals surface area (Å²) in [5.41, 5.74) is 0. The minimum Gasteiger partial charge on any atom is -0.346 e. The van der Waals surface area contributed by atoms with E-state index in [4.69, 9.17) is 0 Å². The van der Waals surface area contributed by atoms with Crippen LogP contribution >= 0.6 is 0 Å². The molecule has 4 heteroatoms. The number of nitrogens with zero attached hydrogens (tertiary/aromatic N) is 2. The van der Waals surface area contributed by atoms with Gasteiger partial charge in [0.1, 0.15) is 0 Å². The van der Waals surface area contributed by atoms with E-state index < -0.39 is 0 Å². The molecule has 0 aliphatic carbocycles. The molecule has 0 aromatic rings. The largest absolute Gasteiger partial charge is 0.346 e. The molecule has 1 aliphatic rings. The van der Waals surface area contributed by atoms with Gasteiger partial charge in [-0.3, -0.25) is 4.79 Å². The summed E-state index contributed by atoms with van der Waals surface area (Å²) in [6, 6.07) is 0. The zero-order chi connectivity index (χ0) is 13.4. The summed E-state index contributed by atoms with van der Waals surface area (Å²) in [6.45, 7) is 4.17. The van der Waals surface area contributed by atoms with Gasteiger partial charge < -0.3 is 15.1 Å². The molecule has 0 bridgehead atoms. The van der Waals surface area contributed by atoms with E-state index in [2.05, 4.69) is 24.3 Å². The van der Waals surface area contributed by atoms with Crippen molar-refractivity contribution >= 4 is 5.91 Å². The summed E-state index contributed by atoms with van der Waals surface area (Å²) in [7, 11) is 6.07. The van der Waals surface area contributed by atoms with Crippen LogP contribution in [0.3, 0.4) is 0 Å². The third-order valence-corrected chi connectivity index (χ3v) is 3.75. The number of carbonyl (C=O) groups is 1. The van der Waals surface area contributed by atoms with Gasteiger partial charge in [-0.1, -0.05) is 0 Å². The first kappa shape index (κ1) is 15.4. The summed E-state index contributed by atoms with van der Waals surface area (Å²) in [4.78, 5) is 16.0. The van der Waals surface area contributed by atoms with Crippen LogP contribution in [0.2, 0.25) is 0 Å². The van der Waals surface area contributed by atoms with Gasteiger partial charge in [0, 0.05) is 20.0 Å². The normalized spacial score (nSPS) is 17.1. The molecule has 1 aliphatic heterocycles. The Morgan fingerprint density at radius 3 is 2.44 bits per heavy atom. The van der Waals surface area contributed by atoms with Crippen LogP contribution in [0.25, 0.3) is 0 Å². The van der Waals surface area contributed by atoms with Gasteiger partial charge in [-0.2, -0.15) is 0 Å². The van der Waals surface area contributed by atoms with Gasteiger partial charge in [0.2, 0.25) is 5.91 Å². The average molecular weight is 255 g/mol. The molecule has 1 fully saturated rings.